The monoisotopic (exact) mass is 233 g/mol. The molecular formula is C9H16NO2PS. The van der Waals surface area contributed by atoms with E-state index >= 15 is 0 Å². The molecule has 0 atom stereocenters. The largest absolute Gasteiger partial charge is 0.368 e. The minimum absolute atomic E-state index is 0.401. The zero-order valence-corrected chi connectivity index (χ0v) is 10.3. The third-order valence-electron chi connectivity index (χ3n) is 2.21. The van der Waals surface area contributed by atoms with E-state index in [0.717, 1.165) is 17.2 Å². The number of ether oxygens (including phenoxy) is 1. The molecule has 5 heteroatoms. The first-order chi connectivity index (χ1) is 6.70. The Morgan fingerprint density at radius 3 is 2.71 bits per heavy atom. The molecule has 0 N–H and O–H groups in total. The van der Waals surface area contributed by atoms with E-state index in [-0.39, 0.29) is 0 Å². The number of hydrogen-bond acceptors (Lipinski definition) is 4. The molecule has 1 heterocycles. The van der Waals surface area contributed by atoms with Crippen molar-refractivity contribution in [2.45, 2.75) is 20.5 Å². The fraction of sp³-hybridized carbons (Fsp3) is 0.667. The molecule has 0 aromatic carbocycles. The minimum atomic E-state index is -2.04. The molecule has 0 bridgehead atoms. The predicted octanol–water partition coefficient (Wildman–Crippen LogP) is 3.02. The molecule has 0 radical (unpaired) electrons. The third kappa shape index (κ3) is 3.52. The maximum atomic E-state index is 11.9. The molecule has 0 aliphatic heterocycles. The van der Waals surface area contributed by atoms with Crippen molar-refractivity contribution in [1.29, 1.82) is 0 Å². The van der Waals surface area contributed by atoms with E-state index in [1.165, 1.54) is 0 Å². The zero-order valence-electron chi connectivity index (χ0n) is 8.60. The van der Waals surface area contributed by atoms with Crippen LogP contribution < -0.4 is 0 Å². The van der Waals surface area contributed by atoms with Crippen LogP contribution in [0.3, 0.4) is 0 Å². The number of nitrogens with zero attached hydrogens (tertiary/aromatic N) is 1. The van der Waals surface area contributed by atoms with Gasteiger partial charge in [-0.15, -0.1) is 11.3 Å². The summed E-state index contributed by atoms with van der Waals surface area (Å²) in [7, 11) is -2.04. The first-order valence-electron chi connectivity index (χ1n) is 4.72. The lowest BCUT2D eigenvalue weighted by Crippen LogP contribution is -2.00. The van der Waals surface area contributed by atoms with Crippen LogP contribution in [0.1, 0.15) is 18.7 Å². The van der Waals surface area contributed by atoms with Gasteiger partial charge in [0.2, 0.25) is 0 Å². The number of aromatic nitrogens is 1. The summed E-state index contributed by atoms with van der Waals surface area (Å²) in [6.07, 6.45) is 3.64. The van der Waals surface area contributed by atoms with Crippen LogP contribution in [0.5, 0.6) is 0 Å². The van der Waals surface area contributed by atoms with Crippen LogP contribution in [0.15, 0.2) is 11.7 Å². The van der Waals surface area contributed by atoms with Gasteiger partial charge in [0.15, 0.2) is 0 Å². The topological polar surface area (TPSA) is 39.2 Å². The molecule has 14 heavy (non-hydrogen) atoms. The Hall–Kier alpha value is -0.180. The molecule has 80 valence electrons. The maximum absolute atomic E-state index is 11.9. The first kappa shape index (κ1) is 11.9. The minimum Gasteiger partial charge on any atom is -0.368 e. The van der Waals surface area contributed by atoms with Gasteiger partial charge in [-0.3, -0.25) is 4.98 Å². The molecule has 0 amide bonds. The lowest BCUT2D eigenvalue weighted by molar-refractivity contribution is 0.164. The highest BCUT2D eigenvalue weighted by molar-refractivity contribution is 7.63. The van der Waals surface area contributed by atoms with Crippen LogP contribution in [-0.4, -0.2) is 23.7 Å². The van der Waals surface area contributed by atoms with E-state index in [1.807, 2.05) is 13.8 Å². The molecule has 1 aromatic heterocycles. The number of thiazole rings is 1. The summed E-state index contributed by atoms with van der Waals surface area (Å²) in [6.45, 7) is 4.45. The van der Waals surface area contributed by atoms with Gasteiger partial charge in [-0.1, -0.05) is 13.8 Å². The third-order valence-corrected chi connectivity index (χ3v) is 5.92. The summed E-state index contributed by atoms with van der Waals surface area (Å²) in [6, 6.07) is 0. The Kier molecular flexibility index (Phi) is 4.79. The molecular weight excluding hydrogens is 217 g/mol. The zero-order chi connectivity index (χ0) is 10.4. The average molecular weight is 233 g/mol. The van der Waals surface area contributed by atoms with Crippen LogP contribution >= 0.6 is 18.5 Å². The highest BCUT2D eigenvalue weighted by Crippen LogP contribution is 2.44. The van der Waals surface area contributed by atoms with Crippen molar-refractivity contribution in [3.8, 4) is 0 Å². The van der Waals surface area contributed by atoms with Crippen LogP contribution in [0.25, 0.3) is 0 Å². The second kappa shape index (κ2) is 5.64. The molecule has 1 rings (SSSR count). The Labute approximate surface area is 88.9 Å². The Morgan fingerprint density at radius 2 is 2.21 bits per heavy atom. The molecule has 0 spiro atoms. The summed E-state index contributed by atoms with van der Waals surface area (Å²) < 4.78 is 17.4. The smallest absolute Gasteiger partial charge is 0.111 e. The first-order valence-corrected chi connectivity index (χ1v) is 7.86. The Balaban J connectivity index is 2.30. The Morgan fingerprint density at radius 1 is 1.50 bits per heavy atom. The fourth-order valence-electron chi connectivity index (χ4n) is 1.03. The van der Waals surface area contributed by atoms with Gasteiger partial charge in [0.1, 0.15) is 13.5 Å². The van der Waals surface area contributed by atoms with Gasteiger partial charge in [-0.2, -0.15) is 0 Å². The van der Waals surface area contributed by atoms with Crippen LogP contribution in [0, 0.1) is 0 Å². The molecule has 0 saturated carbocycles. The molecule has 3 nitrogen and oxygen atoms in total. The lowest BCUT2D eigenvalue weighted by atomic mass is 10.6. The van der Waals surface area contributed by atoms with E-state index in [1.54, 1.807) is 23.0 Å². The summed E-state index contributed by atoms with van der Waals surface area (Å²) in [5.74, 6) is 0. The van der Waals surface area contributed by atoms with E-state index in [4.69, 9.17) is 4.74 Å². The maximum Gasteiger partial charge on any atom is 0.111 e. The summed E-state index contributed by atoms with van der Waals surface area (Å²) in [4.78, 5) is 5.03. The van der Waals surface area contributed by atoms with Crippen molar-refractivity contribution in [3.05, 3.63) is 16.6 Å². The van der Waals surface area contributed by atoms with Gasteiger partial charge in [-0.05, 0) is 0 Å². The second-order valence-corrected chi connectivity index (χ2v) is 7.75. The highest BCUT2D eigenvalue weighted by Gasteiger charge is 2.16. The standard InChI is InChI=1S/C9H16NO2PS/c1-3-13(11,4-2)8-12-6-9-5-10-7-14-9/h5,7H,3-4,6,8H2,1-2H3. The highest BCUT2D eigenvalue weighted by atomic mass is 32.1. The molecule has 0 fully saturated rings. The quantitative estimate of drug-likeness (QED) is 0.709. The van der Waals surface area contributed by atoms with E-state index < -0.39 is 7.14 Å². The van der Waals surface area contributed by atoms with Gasteiger partial charge in [0, 0.05) is 18.5 Å². The summed E-state index contributed by atoms with van der Waals surface area (Å²) >= 11 is 1.56. The van der Waals surface area contributed by atoms with Crippen molar-refractivity contribution in [2.24, 2.45) is 0 Å². The van der Waals surface area contributed by atoms with Crippen LogP contribution in [-0.2, 0) is 15.9 Å². The van der Waals surface area contributed by atoms with Crippen molar-refractivity contribution in [1.82, 2.24) is 4.98 Å². The van der Waals surface area contributed by atoms with Crippen molar-refractivity contribution < 1.29 is 9.30 Å². The molecule has 0 saturated heterocycles. The van der Waals surface area contributed by atoms with Crippen molar-refractivity contribution in [3.63, 3.8) is 0 Å². The van der Waals surface area contributed by atoms with Crippen LogP contribution in [0.2, 0.25) is 0 Å². The summed E-state index contributed by atoms with van der Waals surface area (Å²) in [5.41, 5.74) is 1.78. The normalized spacial score (nSPS) is 11.9. The number of hydrogen-bond donors (Lipinski definition) is 0. The van der Waals surface area contributed by atoms with E-state index in [0.29, 0.717) is 13.0 Å². The number of rotatable bonds is 6. The molecule has 1 aromatic rings. The fourth-order valence-corrected chi connectivity index (χ4v) is 2.80. The molecule has 0 aliphatic carbocycles. The van der Waals surface area contributed by atoms with Gasteiger partial charge < -0.3 is 9.30 Å². The average Bonchev–Trinajstić information content (AvgIpc) is 2.70. The molecule has 0 aliphatic rings. The lowest BCUT2D eigenvalue weighted by Gasteiger charge is -2.13. The predicted molar refractivity (Wildman–Crippen MR) is 60.5 cm³/mol. The van der Waals surface area contributed by atoms with Gasteiger partial charge >= 0.3 is 0 Å². The van der Waals surface area contributed by atoms with Gasteiger partial charge in [0.05, 0.1) is 17.0 Å². The van der Waals surface area contributed by atoms with Crippen molar-refractivity contribution in [2.75, 3.05) is 18.7 Å². The Bertz CT molecular complexity index is 292. The van der Waals surface area contributed by atoms with E-state index in [9.17, 15) is 4.57 Å². The van der Waals surface area contributed by atoms with Gasteiger partial charge in [0.25, 0.3) is 0 Å². The second-order valence-electron chi connectivity index (χ2n) is 3.14. The van der Waals surface area contributed by atoms with E-state index in [2.05, 4.69) is 4.98 Å². The summed E-state index contributed by atoms with van der Waals surface area (Å²) in [5, 5.41) is 0. The molecule has 0 unspecified atom stereocenters. The van der Waals surface area contributed by atoms with Gasteiger partial charge in [-0.25, -0.2) is 0 Å². The van der Waals surface area contributed by atoms with Crippen LogP contribution in [0.4, 0.5) is 0 Å². The SMILES string of the molecule is CCP(=O)(CC)COCc1cncs1. The van der Waals surface area contributed by atoms with Crippen molar-refractivity contribution >= 4 is 18.5 Å².